The quantitative estimate of drug-likeness (QED) is 0.773. The fraction of sp³-hybridized carbons (Fsp3) is 0.417. The Morgan fingerprint density at radius 2 is 2.25 bits per heavy atom. The summed E-state index contributed by atoms with van der Waals surface area (Å²) in [5, 5.41) is 0. The lowest BCUT2D eigenvalue weighted by Gasteiger charge is -2.19. The number of rotatable bonds is 4. The number of thiophene rings is 1. The zero-order chi connectivity index (χ0) is 12.3. The van der Waals surface area contributed by atoms with Crippen LogP contribution in [0.2, 0.25) is 0 Å². The number of hydrogen-bond acceptors (Lipinski definition) is 2. The van der Waals surface area contributed by atoms with Crippen LogP contribution in [0, 0.1) is 6.92 Å². The summed E-state index contributed by atoms with van der Waals surface area (Å²) in [7, 11) is 0. The van der Waals surface area contributed by atoms with Gasteiger partial charge in [0.25, 0.3) is 5.91 Å². The van der Waals surface area contributed by atoms with Crippen LogP contribution in [0.3, 0.4) is 0 Å². The molecular formula is C12H16BrNOS. The van der Waals surface area contributed by atoms with Crippen molar-refractivity contribution in [2.24, 2.45) is 0 Å². The van der Waals surface area contributed by atoms with Gasteiger partial charge in [-0.2, -0.15) is 0 Å². The van der Waals surface area contributed by atoms with Gasteiger partial charge in [0.15, 0.2) is 0 Å². The van der Waals surface area contributed by atoms with E-state index in [1.165, 1.54) is 11.3 Å². The smallest absolute Gasteiger partial charge is 0.264 e. The molecule has 0 aliphatic heterocycles. The molecule has 1 heterocycles. The maximum Gasteiger partial charge on any atom is 0.264 e. The van der Waals surface area contributed by atoms with E-state index in [-0.39, 0.29) is 5.91 Å². The SMILES string of the molecule is C=C(C)CN(CC)C(=O)c1cc(C)c(Br)s1. The van der Waals surface area contributed by atoms with E-state index in [9.17, 15) is 4.79 Å². The van der Waals surface area contributed by atoms with E-state index < -0.39 is 0 Å². The summed E-state index contributed by atoms with van der Waals surface area (Å²) in [5.41, 5.74) is 2.11. The monoisotopic (exact) mass is 301 g/mol. The molecule has 4 heteroatoms. The van der Waals surface area contributed by atoms with Crippen molar-refractivity contribution >= 4 is 33.2 Å². The van der Waals surface area contributed by atoms with Crippen molar-refractivity contribution in [3.05, 3.63) is 32.4 Å². The summed E-state index contributed by atoms with van der Waals surface area (Å²) in [6.45, 7) is 11.1. The average Bonchev–Trinajstić information content (AvgIpc) is 2.54. The van der Waals surface area contributed by atoms with Crippen LogP contribution in [-0.2, 0) is 0 Å². The van der Waals surface area contributed by atoms with E-state index in [1.807, 2.05) is 26.8 Å². The molecule has 0 atom stereocenters. The lowest BCUT2D eigenvalue weighted by molar-refractivity contribution is 0.0783. The predicted octanol–water partition coefficient (Wildman–Crippen LogP) is 3.86. The molecule has 0 fully saturated rings. The van der Waals surface area contributed by atoms with Crippen LogP contribution in [-0.4, -0.2) is 23.9 Å². The van der Waals surface area contributed by atoms with Crippen LogP contribution in [0.15, 0.2) is 22.0 Å². The Bertz CT molecular complexity index is 392. The second kappa shape index (κ2) is 5.64. The molecule has 0 radical (unpaired) electrons. The molecule has 2 nitrogen and oxygen atoms in total. The molecule has 1 aromatic heterocycles. The molecule has 0 aliphatic carbocycles. The van der Waals surface area contributed by atoms with Gasteiger partial charge in [-0.05, 0) is 48.3 Å². The highest BCUT2D eigenvalue weighted by Gasteiger charge is 2.17. The fourth-order valence-electron chi connectivity index (χ4n) is 1.37. The van der Waals surface area contributed by atoms with Crippen molar-refractivity contribution < 1.29 is 4.79 Å². The van der Waals surface area contributed by atoms with Crippen LogP contribution in [0.25, 0.3) is 0 Å². The predicted molar refractivity (Wildman–Crippen MR) is 73.1 cm³/mol. The molecule has 0 aromatic carbocycles. The molecule has 0 aliphatic rings. The Labute approximate surface area is 109 Å². The van der Waals surface area contributed by atoms with Gasteiger partial charge in [0.2, 0.25) is 0 Å². The lowest BCUT2D eigenvalue weighted by Crippen LogP contribution is -2.31. The fourth-order valence-corrected chi connectivity index (χ4v) is 2.88. The molecule has 0 spiro atoms. The van der Waals surface area contributed by atoms with Gasteiger partial charge in [-0.1, -0.05) is 12.2 Å². The number of hydrogen-bond donors (Lipinski definition) is 0. The van der Waals surface area contributed by atoms with Gasteiger partial charge in [-0.25, -0.2) is 0 Å². The Hall–Kier alpha value is -0.610. The van der Waals surface area contributed by atoms with Crippen molar-refractivity contribution in [2.75, 3.05) is 13.1 Å². The zero-order valence-corrected chi connectivity index (χ0v) is 12.2. The highest BCUT2D eigenvalue weighted by atomic mass is 79.9. The first-order chi connectivity index (χ1) is 7.45. The van der Waals surface area contributed by atoms with Crippen LogP contribution in [0.1, 0.15) is 29.1 Å². The Kier molecular flexibility index (Phi) is 4.74. The number of nitrogens with zero attached hydrogens (tertiary/aromatic N) is 1. The minimum atomic E-state index is 0.0873. The van der Waals surface area contributed by atoms with E-state index in [1.54, 1.807) is 4.90 Å². The van der Waals surface area contributed by atoms with E-state index >= 15 is 0 Å². The minimum Gasteiger partial charge on any atom is -0.334 e. The van der Waals surface area contributed by atoms with Gasteiger partial charge >= 0.3 is 0 Å². The summed E-state index contributed by atoms with van der Waals surface area (Å²) in [4.78, 5) is 14.7. The number of aryl methyl sites for hydroxylation is 1. The number of carbonyl (C=O) groups is 1. The number of halogens is 1. The van der Waals surface area contributed by atoms with E-state index in [2.05, 4.69) is 22.5 Å². The molecule has 1 amide bonds. The molecule has 1 aromatic rings. The second-order valence-corrected chi connectivity index (χ2v) is 6.21. The van der Waals surface area contributed by atoms with Crippen LogP contribution in [0.4, 0.5) is 0 Å². The Morgan fingerprint density at radius 3 is 2.62 bits per heavy atom. The van der Waals surface area contributed by atoms with Crippen molar-refractivity contribution in [3.8, 4) is 0 Å². The van der Waals surface area contributed by atoms with Crippen molar-refractivity contribution in [2.45, 2.75) is 20.8 Å². The summed E-state index contributed by atoms with van der Waals surface area (Å²) in [5.74, 6) is 0.0873. The molecule has 0 unspecified atom stereocenters. The van der Waals surface area contributed by atoms with Crippen molar-refractivity contribution in [1.82, 2.24) is 4.90 Å². The summed E-state index contributed by atoms with van der Waals surface area (Å²) in [6, 6.07) is 1.93. The molecule has 0 N–H and O–H groups in total. The third-order valence-corrected chi connectivity index (χ3v) is 4.32. The maximum atomic E-state index is 12.2. The molecular weight excluding hydrogens is 286 g/mol. The minimum absolute atomic E-state index is 0.0873. The highest BCUT2D eigenvalue weighted by Crippen LogP contribution is 2.28. The topological polar surface area (TPSA) is 20.3 Å². The van der Waals surface area contributed by atoms with Crippen molar-refractivity contribution in [1.29, 1.82) is 0 Å². The molecule has 0 saturated heterocycles. The second-order valence-electron chi connectivity index (χ2n) is 3.84. The van der Waals surface area contributed by atoms with Gasteiger partial charge in [0.1, 0.15) is 0 Å². The van der Waals surface area contributed by atoms with Gasteiger partial charge in [0, 0.05) is 13.1 Å². The Balaban J connectivity index is 2.86. The lowest BCUT2D eigenvalue weighted by atomic mass is 10.3. The summed E-state index contributed by atoms with van der Waals surface area (Å²) in [6.07, 6.45) is 0. The normalized spacial score (nSPS) is 10.2. The maximum absolute atomic E-state index is 12.2. The van der Waals surface area contributed by atoms with Gasteiger partial charge in [0.05, 0.1) is 8.66 Å². The third-order valence-electron chi connectivity index (χ3n) is 2.20. The van der Waals surface area contributed by atoms with Crippen LogP contribution >= 0.6 is 27.3 Å². The molecule has 0 bridgehead atoms. The van der Waals surface area contributed by atoms with Gasteiger partial charge in [-0.3, -0.25) is 4.79 Å². The first-order valence-corrected chi connectivity index (χ1v) is 6.76. The average molecular weight is 302 g/mol. The summed E-state index contributed by atoms with van der Waals surface area (Å²) >= 11 is 4.93. The number of likely N-dealkylation sites (N-methyl/N-ethyl adjacent to an activating group) is 1. The third kappa shape index (κ3) is 3.19. The first kappa shape index (κ1) is 13.5. The first-order valence-electron chi connectivity index (χ1n) is 5.15. The molecule has 0 saturated carbocycles. The van der Waals surface area contributed by atoms with E-state index in [0.717, 1.165) is 19.8 Å². The van der Waals surface area contributed by atoms with E-state index in [0.29, 0.717) is 13.1 Å². The Morgan fingerprint density at radius 1 is 1.62 bits per heavy atom. The largest absolute Gasteiger partial charge is 0.334 e. The van der Waals surface area contributed by atoms with Gasteiger partial charge in [-0.15, -0.1) is 11.3 Å². The number of amides is 1. The van der Waals surface area contributed by atoms with Gasteiger partial charge < -0.3 is 4.90 Å². The zero-order valence-electron chi connectivity index (χ0n) is 9.84. The van der Waals surface area contributed by atoms with Crippen LogP contribution < -0.4 is 0 Å². The molecule has 16 heavy (non-hydrogen) atoms. The standard InChI is InChI=1S/C12H16BrNOS/c1-5-14(7-8(2)3)12(15)10-6-9(4)11(13)16-10/h6H,2,5,7H2,1,3-4H3. The van der Waals surface area contributed by atoms with E-state index in [4.69, 9.17) is 0 Å². The van der Waals surface area contributed by atoms with Crippen LogP contribution in [0.5, 0.6) is 0 Å². The number of carbonyl (C=O) groups excluding carboxylic acids is 1. The summed E-state index contributed by atoms with van der Waals surface area (Å²) < 4.78 is 1.03. The highest BCUT2D eigenvalue weighted by molar-refractivity contribution is 9.11. The molecule has 1 rings (SSSR count). The molecule has 88 valence electrons. The van der Waals surface area contributed by atoms with Crippen molar-refractivity contribution in [3.63, 3.8) is 0 Å².